The van der Waals surface area contributed by atoms with Gasteiger partial charge in [-0.2, -0.15) is 0 Å². The molecule has 0 amide bonds. The molecule has 1 aromatic rings. The van der Waals surface area contributed by atoms with Crippen molar-refractivity contribution in [3.63, 3.8) is 0 Å². The summed E-state index contributed by atoms with van der Waals surface area (Å²) in [5.74, 6) is -0.413. The van der Waals surface area contributed by atoms with E-state index in [1.165, 1.54) is 0 Å². The first-order valence-electron chi connectivity index (χ1n) is 6.35. The van der Waals surface area contributed by atoms with E-state index in [-0.39, 0.29) is 17.7 Å². The lowest BCUT2D eigenvalue weighted by Crippen LogP contribution is -2.43. The van der Waals surface area contributed by atoms with Crippen molar-refractivity contribution < 1.29 is 8.78 Å². The van der Waals surface area contributed by atoms with Gasteiger partial charge in [0, 0.05) is 25.7 Å². The lowest BCUT2D eigenvalue weighted by molar-refractivity contribution is 0.357. The molecule has 1 aromatic heterocycles. The number of hydrogen-bond acceptors (Lipinski definition) is 3. The third-order valence-corrected chi connectivity index (χ3v) is 3.79. The highest BCUT2D eigenvalue weighted by Crippen LogP contribution is 2.30. The predicted octanol–water partition coefficient (Wildman–Crippen LogP) is 3.03. The second-order valence-electron chi connectivity index (χ2n) is 4.93. The van der Waals surface area contributed by atoms with Crippen molar-refractivity contribution in [2.45, 2.75) is 32.7 Å². The molecule has 1 saturated heterocycles. The van der Waals surface area contributed by atoms with Crippen molar-refractivity contribution in [2.24, 2.45) is 5.92 Å². The van der Waals surface area contributed by atoms with Crippen LogP contribution in [0.3, 0.4) is 0 Å². The van der Waals surface area contributed by atoms with Gasteiger partial charge in [-0.05, 0) is 25.7 Å². The lowest BCUT2D eigenvalue weighted by atomic mass is 9.92. The molecule has 0 spiro atoms. The Labute approximate surface area is 106 Å². The zero-order valence-electron chi connectivity index (χ0n) is 11.0. The van der Waals surface area contributed by atoms with Gasteiger partial charge in [-0.15, -0.1) is 0 Å². The van der Waals surface area contributed by atoms with Gasteiger partial charge in [0.2, 0.25) is 0 Å². The molecule has 1 N–H and O–H groups in total. The molecule has 5 heteroatoms. The minimum atomic E-state index is -0.656. The van der Waals surface area contributed by atoms with Crippen LogP contribution in [0.4, 0.5) is 20.4 Å². The first-order valence-corrected chi connectivity index (χ1v) is 6.35. The molecule has 0 aromatic carbocycles. The maximum absolute atomic E-state index is 13.9. The molecule has 2 rings (SSSR count). The highest BCUT2D eigenvalue weighted by Gasteiger charge is 2.28. The summed E-state index contributed by atoms with van der Waals surface area (Å²) in [4.78, 5) is 6.00. The Morgan fingerprint density at radius 1 is 1.33 bits per heavy atom. The van der Waals surface area contributed by atoms with Crippen molar-refractivity contribution in [3.05, 3.63) is 17.7 Å². The van der Waals surface area contributed by atoms with Gasteiger partial charge in [-0.1, -0.05) is 6.92 Å². The van der Waals surface area contributed by atoms with Crippen LogP contribution in [0.5, 0.6) is 0 Å². The zero-order valence-corrected chi connectivity index (χ0v) is 11.0. The number of hydrogen-bond donors (Lipinski definition) is 1. The highest BCUT2D eigenvalue weighted by atomic mass is 19.1. The molecule has 0 aliphatic carbocycles. The van der Waals surface area contributed by atoms with Gasteiger partial charge in [0.25, 0.3) is 0 Å². The molecule has 1 aliphatic heterocycles. The summed E-state index contributed by atoms with van der Waals surface area (Å²) in [6.07, 6.45) is 2.15. The molecule has 1 aliphatic rings. The van der Waals surface area contributed by atoms with Gasteiger partial charge < -0.3 is 10.2 Å². The topological polar surface area (TPSA) is 28.2 Å². The number of pyridine rings is 1. The Morgan fingerprint density at radius 3 is 2.72 bits per heavy atom. The second kappa shape index (κ2) is 5.08. The van der Waals surface area contributed by atoms with Crippen LogP contribution in [-0.4, -0.2) is 24.6 Å². The van der Waals surface area contributed by atoms with Crippen molar-refractivity contribution >= 4 is 11.6 Å². The van der Waals surface area contributed by atoms with Crippen molar-refractivity contribution in [1.29, 1.82) is 0 Å². The molecule has 100 valence electrons. The number of rotatable bonds is 2. The standard InChI is InChI=1S/C13H19F2N3/c1-8-5-4-6-18(9(8)2)13-11(15)7-10(14)12(16-3)17-13/h7-9H,4-6H2,1-3H3,(H,16,17). The van der Waals surface area contributed by atoms with Gasteiger partial charge in [0.1, 0.15) is 0 Å². The summed E-state index contributed by atoms with van der Waals surface area (Å²) in [6, 6.07) is 1.12. The Morgan fingerprint density at radius 2 is 2.06 bits per heavy atom. The number of nitrogens with one attached hydrogen (secondary N) is 1. The summed E-state index contributed by atoms with van der Waals surface area (Å²) in [5, 5.41) is 2.65. The Balaban J connectivity index is 2.37. The minimum absolute atomic E-state index is 0.0943. The smallest absolute Gasteiger partial charge is 0.168 e. The van der Waals surface area contributed by atoms with E-state index in [9.17, 15) is 8.78 Å². The molecule has 0 radical (unpaired) electrons. The minimum Gasteiger partial charge on any atom is -0.371 e. The highest BCUT2D eigenvalue weighted by molar-refractivity contribution is 5.50. The van der Waals surface area contributed by atoms with E-state index in [0.29, 0.717) is 5.92 Å². The monoisotopic (exact) mass is 255 g/mol. The second-order valence-corrected chi connectivity index (χ2v) is 4.93. The van der Waals surface area contributed by atoms with E-state index in [2.05, 4.69) is 24.1 Å². The van der Waals surface area contributed by atoms with E-state index in [1.807, 2.05) is 4.90 Å². The molecular formula is C13H19F2N3. The normalized spacial score (nSPS) is 24.2. The number of aromatic nitrogens is 1. The molecule has 0 saturated carbocycles. The summed E-state index contributed by atoms with van der Waals surface area (Å²) in [5.41, 5.74) is 0. The van der Waals surface area contributed by atoms with Gasteiger partial charge in [-0.25, -0.2) is 13.8 Å². The molecule has 2 heterocycles. The quantitative estimate of drug-likeness (QED) is 0.880. The number of piperidine rings is 1. The molecule has 3 nitrogen and oxygen atoms in total. The molecule has 0 bridgehead atoms. The van der Waals surface area contributed by atoms with Gasteiger partial charge in [-0.3, -0.25) is 0 Å². The van der Waals surface area contributed by atoms with Crippen molar-refractivity contribution in [3.8, 4) is 0 Å². The van der Waals surface area contributed by atoms with Gasteiger partial charge >= 0.3 is 0 Å². The maximum atomic E-state index is 13.9. The maximum Gasteiger partial charge on any atom is 0.168 e. The van der Waals surface area contributed by atoms with Crippen molar-refractivity contribution in [1.82, 2.24) is 4.98 Å². The van der Waals surface area contributed by atoms with Crippen LogP contribution < -0.4 is 10.2 Å². The fourth-order valence-electron chi connectivity index (χ4n) is 2.47. The van der Waals surface area contributed by atoms with E-state index in [4.69, 9.17) is 0 Å². The lowest BCUT2D eigenvalue weighted by Gasteiger charge is -2.39. The van der Waals surface area contributed by atoms with E-state index in [1.54, 1.807) is 7.05 Å². The van der Waals surface area contributed by atoms with E-state index < -0.39 is 11.6 Å². The first-order chi connectivity index (χ1) is 8.54. The first kappa shape index (κ1) is 13.1. The Kier molecular flexibility index (Phi) is 3.68. The average molecular weight is 255 g/mol. The third-order valence-electron chi connectivity index (χ3n) is 3.79. The molecular weight excluding hydrogens is 236 g/mol. The number of nitrogens with zero attached hydrogens (tertiary/aromatic N) is 2. The Bertz CT molecular complexity index is 436. The molecule has 2 atom stereocenters. The van der Waals surface area contributed by atoms with Crippen LogP contribution >= 0.6 is 0 Å². The summed E-state index contributed by atoms with van der Waals surface area (Å²) in [7, 11) is 1.58. The fourth-order valence-corrected chi connectivity index (χ4v) is 2.47. The van der Waals surface area contributed by atoms with Crippen LogP contribution in [0.25, 0.3) is 0 Å². The van der Waals surface area contributed by atoms with Gasteiger partial charge in [0.15, 0.2) is 23.3 Å². The Hall–Kier alpha value is -1.39. The summed E-state index contributed by atoms with van der Waals surface area (Å²) < 4.78 is 27.3. The van der Waals surface area contributed by atoms with Crippen molar-refractivity contribution in [2.75, 3.05) is 23.8 Å². The summed E-state index contributed by atoms with van der Waals surface area (Å²) in [6.45, 7) is 4.98. The van der Waals surface area contributed by atoms with E-state index in [0.717, 1.165) is 25.5 Å². The third kappa shape index (κ3) is 2.26. The van der Waals surface area contributed by atoms with Crippen LogP contribution in [0.15, 0.2) is 6.07 Å². The van der Waals surface area contributed by atoms with Crippen LogP contribution in [0.1, 0.15) is 26.7 Å². The molecule has 18 heavy (non-hydrogen) atoms. The SMILES string of the molecule is CNc1nc(N2CCCC(C)C2C)c(F)cc1F. The van der Waals surface area contributed by atoms with Gasteiger partial charge in [0.05, 0.1) is 0 Å². The molecule has 1 fully saturated rings. The zero-order chi connectivity index (χ0) is 13.3. The van der Waals surface area contributed by atoms with Crippen LogP contribution in [0.2, 0.25) is 0 Å². The van der Waals surface area contributed by atoms with E-state index >= 15 is 0 Å². The fraction of sp³-hybridized carbons (Fsp3) is 0.615. The van der Waals surface area contributed by atoms with Crippen LogP contribution in [-0.2, 0) is 0 Å². The number of anilines is 2. The predicted molar refractivity (Wildman–Crippen MR) is 68.9 cm³/mol. The van der Waals surface area contributed by atoms with Crippen LogP contribution in [0, 0.1) is 17.6 Å². The number of halogens is 2. The summed E-state index contributed by atoms with van der Waals surface area (Å²) >= 11 is 0. The largest absolute Gasteiger partial charge is 0.371 e. The average Bonchev–Trinajstić information content (AvgIpc) is 2.34. The molecule has 2 unspecified atom stereocenters.